The molecule has 1 amide bonds. The Labute approximate surface area is 157 Å². The van der Waals surface area contributed by atoms with E-state index in [1.54, 1.807) is 12.5 Å². The molecule has 134 valence electrons. The largest absolute Gasteiger partial charge is 0.342 e. The second-order valence-electron chi connectivity index (χ2n) is 6.42. The summed E-state index contributed by atoms with van der Waals surface area (Å²) in [5.74, 6) is -0.0855. The van der Waals surface area contributed by atoms with Crippen LogP contribution in [0.1, 0.15) is 30.3 Å². The molecule has 0 saturated heterocycles. The number of nitrogens with one attached hydrogen (secondary N) is 1. The number of carbonyl (C=O) groups is 1. The Morgan fingerprint density at radius 2 is 1.67 bits per heavy atom. The van der Waals surface area contributed by atoms with Gasteiger partial charge < -0.3 is 9.88 Å². The maximum Gasteiger partial charge on any atom is 0.243 e. The number of para-hydroxylation sites is 2. The van der Waals surface area contributed by atoms with Gasteiger partial charge in [-0.05, 0) is 36.8 Å². The van der Waals surface area contributed by atoms with E-state index in [-0.39, 0.29) is 11.9 Å². The summed E-state index contributed by atoms with van der Waals surface area (Å²) >= 11 is 0. The highest BCUT2D eigenvalue weighted by Gasteiger charge is 2.23. The molecule has 4 aromatic rings. The monoisotopic (exact) mass is 356 g/mol. The van der Waals surface area contributed by atoms with Gasteiger partial charge in [-0.1, -0.05) is 48.5 Å². The van der Waals surface area contributed by atoms with Crippen molar-refractivity contribution in [3.05, 3.63) is 96.6 Å². The highest BCUT2D eigenvalue weighted by Crippen LogP contribution is 2.22. The molecule has 5 nitrogen and oxygen atoms in total. The molecule has 1 N–H and O–H groups in total. The average Bonchev–Trinajstić information content (AvgIpc) is 3.16. The molecule has 2 atom stereocenters. The second kappa shape index (κ2) is 7.41. The molecule has 0 saturated carbocycles. The van der Waals surface area contributed by atoms with Crippen molar-refractivity contribution in [1.82, 2.24) is 19.9 Å². The van der Waals surface area contributed by atoms with E-state index >= 15 is 0 Å². The summed E-state index contributed by atoms with van der Waals surface area (Å²) < 4.78 is 1.89. The van der Waals surface area contributed by atoms with Gasteiger partial charge in [-0.15, -0.1) is 0 Å². The lowest BCUT2D eigenvalue weighted by atomic mass is 10.0. The van der Waals surface area contributed by atoms with Crippen molar-refractivity contribution in [3.63, 3.8) is 0 Å². The summed E-state index contributed by atoms with van der Waals surface area (Å²) in [4.78, 5) is 21.9. The first-order chi connectivity index (χ1) is 13.2. The average molecular weight is 356 g/mol. The van der Waals surface area contributed by atoms with E-state index in [1.165, 1.54) is 0 Å². The quantitative estimate of drug-likeness (QED) is 0.590. The van der Waals surface area contributed by atoms with E-state index in [0.29, 0.717) is 0 Å². The molecule has 0 fully saturated rings. The number of pyridine rings is 1. The van der Waals surface area contributed by atoms with Crippen LogP contribution < -0.4 is 5.32 Å². The molecule has 5 heteroatoms. The van der Waals surface area contributed by atoms with Crippen molar-refractivity contribution in [3.8, 4) is 0 Å². The molecule has 2 aromatic heterocycles. The third-order valence-corrected chi connectivity index (χ3v) is 4.68. The van der Waals surface area contributed by atoms with Crippen molar-refractivity contribution < 1.29 is 4.79 Å². The lowest BCUT2D eigenvalue weighted by Gasteiger charge is -2.22. The fraction of sp³-hybridized carbons (Fsp3) is 0.136. The highest BCUT2D eigenvalue weighted by atomic mass is 16.2. The van der Waals surface area contributed by atoms with Gasteiger partial charge in [0.15, 0.2) is 0 Å². The molecule has 2 aromatic carbocycles. The Balaban J connectivity index is 1.64. The fourth-order valence-electron chi connectivity index (χ4n) is 3.20. The number of fused-ring (bicyclic) bond motifs is 1. The van der Waals surface area contributed by atoms with E-state index < -0.39 is 6.04 Å². The van der Waals surface area contributed by atoms with Gasteiger partial charge in [-0.2, -0.15) is 0 Å². The van der Waals surface area contributed by atoms with Crippen molar-refractivity contribution in [2.75, 3.05) is 0 Å². The van der Waals surface area contributed by atoms with Crippen LogP contribution >= 0.6 is 0 Å². The standard InChI is InChI=1S/C22H20N4O/c1-16(26-15-24-18-11-5-6-13-20(18)26)22(27)25-21(17-9-3-2-4-10-17)19-12-7-8-14-23-19/h2-16,21H,1H3,(H,25,27)/t16-,21-/m1/s1. The van der Waals surface area contributed by atoms with Crippen LogP contribution in [0.25, 0.3) is 11.0 Å². The Kier molecular flexibility index (Phi) is 4.66. The topological polar surface area (TPSA) is 59.8 Å². The number of rotatable bonds is 5. The zero-order valence-electron chi connectivity index (χ0n) is 15.0. The Morgan fingerprint density at radius 1 is 0.926 bits per heavy atom. The minimum Gasteiger partial charge on any atom is -0.342 e. The molecule has 27 heavy (non-hydrogen) atoms. The Hall–Kier alpha value is -3.47. The third kappa shape index (κ3) is 3.44. The van der Waals surface area contributed by atoms with Crippen LogP contribution in [0.3, 0.4) is 0 Å². The molecule has 2 heterocycles. The van der Waals surface area contributed by atoms with Crippen molar-refractivity contribution >= 4 is 16.9 Å². The predicted molar refractivity (Wildman–Crippen MR) is 105 cm³/mol. The number of aromatic nitrogens is 3. The summed E-state index contributed by atoms with van der Waals surface area (Å²) in [6, 6.07) is 22.7. The number of imidazole rings is 1. The Morgan fingerprint density at radius 3 is 2.44 bits per heavy atom. The maximum atomic E-state index is 13.1. The summed E-state index contributed by atoms with van der Waals surface area (Å²) in [6.45, 7) is 1.88. The minimum absolute atomic E-state index is 0.0855. The SMILES string of the molecule is C[C@H](C(=O)N[C@H](c1ccccc1)c1ccccn1)n1cnc2ccccc21. The summed E-state index contributed by atoms with van der Waals surface area (Å²) in [5.41, 5.74) is 3.61. The third-order valence-electron chi connectivity index (χ3n) is 4.68. The van der Waals surface area contributed by atoms with Gasteiger partial charge >= 0.3 is 0 Å². The first kappa shape index (κ1) is 17.0. The smallest absolute Gasteiger partial charge is 0.243 e. The van der Waals surface area contributed by atoms with Crippen LogP contribution in [-0.4, -0.2) is 20.4 Å². The van der Waals surface area contributed by atoms with Crippen molar-refractivity contribution in [1.29, 1.82) is 0 Å². The highest BCUT2D eigenvalue weighted by molar-refractivity contribution is 5.84. The van der Waals surface area contributed by atoms with Gasteiger partial charge in [0, 0.05) is 6.20 Å². The van der Waals surface area contributed by atoms with Gasteiger partial charge in [-0.25, -0.2) is 4.98 Å². The van der Waals surface area contributed by atoms with Gasteiger partial charge in [0.1, 0.15) is 6.04 Å². The fourth-order valence-corrected chi connectivity index (χ4v) is 3.20. The van der Waals surface area contributed by atoms with E-state index in [9.17, 15) is 4.79 Å². The number of hydrogen-bond donors (Lipinski definition) is 1. The number of carbonyl (C=O) groups excluding carboxylic acids is 1. The Bertz CT molecular complexity index is 1000. The van der Waals surface area contributed by atoms with E-state index in [4.69, 9.17) is 0 Å². The number of benzene rings is 2. The summed E-state index contributed by atoms with van der Waals surface area (Å²) in [6.07, 6.45) is 3.46. The number of nitrogens with zero attached hydrogens (tertiary/aromatic N) is 3. The second-order valence-corrected chi connectivity index (χ2v) is 6.42. The minimum atomic E-state index is -0.396. The lowest BCUT2D eigenvalue weighted by Crippen LogP contribution is -2.35. The molecule has 0 spiro atoms. The van der Waals surface area contributed by atoms with Crippen LogP contribution in [0, 0.1) is 0 Å². The van der Waals surface area contributed by atoms with Gasteiger partial charge in [0.05, 0.1) is 29.1 Å². The molecular formula is C22H20N4O. The zero-order valence-corrected chi connectivity index (χ0v) is 15.0. The molecule has 0 aliphatic heterocycles. The van der Waals surface area contributed by atoms with Crippen LogP contribution in [0.5, 0.6) is 0 Å². The van der Waals surface area contributed by atoms with Gasteiger partial charge in [0.2, 0.25) is 5.91 Å². The van der Waals surface area contributed by atoms with Crippen LogP contribution in [0.15, 0.2) is 85.3 Å². The molecular weight excluding hydrogens is 336 g/mol. The zero-order chi connectivity index (χ0) is 18.6. The summed E-state index contributed by atoms with van der Waals surface area (Å²) in [5, 5.41) is 3.15. The van der Waals surface area contributed by atoms with E-state index in [1.807, 2.05) is 84.3 Å². The van der Waals surface area contributed by atoms with Crippen LogP contribution in [0.4, 0.5) is 0 Å². The molecule has 4 rings (SSSR count). The van der Waals surface area contributed by atoms with Crippen LogP contribution in [-0.2, 0) is 4.79 Å². The van der Waals surface area contributed by atoms with E-state index in [0.717, 1.165) is 22.3 Å². The molecule has 0 aliphatic carbocycles. The number of amides is 1. The van der Waals surface area contributed by atoms with Crippen LogP contribution in [0.2, 0.25) is 0 Å². The molecule has 0 bridgehead atoms. The van der Waals surface area contributed by atoms with Crippen molar-refractivity contribution in [2.45, 2.75) is 19.0 Å². The van der Waals surface area contributed by atoms with Gasteiger partial charge in [0.25, 0.3) is 0 Å². The molecule has 0 radical (unpaired) electrons. The van der Waals surface area contributed by atoms with Crippen molar-refractivity contribution in [2.24, 2.45) is 0 Å². The van der Waals surface area contributed by atoms with Gasteiger partial charge in [-0.3, -0.25) is 9.78 Å². The maximum absolute atomic E-state index is 13.1. The first-order valence-corrected chi connectivity index (χ1v) is 8.92. The summed E-state index contributed by atoms with van der Waals surface area (Å²) in [7, 11) is 0. The first-order valence-electron chi connectivity index (χ1n) is 8.92. The van der Waals surface area contributed by atoms with E-state index in [2.05, 4.69) is 15.3 Å². The number of hydrogen-bond acceptors (Lipinski definition) is 3. The molecule has 0 unspecified atom stereocenters. The lowest BCUT2D eigenvalue weighted by molar-refractivity contribution is -0.124. The normalized spacial score (nSPS) is 13.2. The molecule has 0 aliphatic rings. The predicted octanol–water partition coefficient (Wildman–Crippen LogP) is 3.90.